The second kappa shape index (κ2) is 10.8. The number of piperidine rings is 1. The molecule has 192 valence electrons. The molecule has 0 radical (unpaired) electrons. The minimum absolute atomic E-state index is 0.0330. The number of nitrogens with one attached hydrogen (secondary N) is 3. The first-order valence-corrected chi connectivity index (χ1v) is 12.7. The van der Waals surface area contributed by atoms with E-state index in [2.05, 4.69) is 59.1 Å². The normalized spacial score (nSPS) is 21.9. The molecule has 4 rings (SSSR count). The number of amidine groups is 1. The van der Waals surface area contributed by atoms with Crippen LogP contribution in [0.2, 0.25) is 0 Å². The van der Waals surface area contributed by atoms with E-state index in [0.717, 1.165) is 49.2 Å². The number of likely N-dealkylation sites (tertiary alicyclic amines) is 1. The maximum absolute atomic E-state index is 12.9. The van der Waals surface area contributed by atoms with Gasteiger partial charge in [0.15, 0.2) is 11.9 Å². The van der Waals surface area contributed by atoms with E-state index in [1.54, 1.807) is 0 Å². The van der Waals surface area contributed by atoms with Crippen molar-refractivity contribution in [2.45, 2.75) is 50.6 Å². The van der Waals surface area contributed by atoms with Crippen molar-refractivity contribution in [3.63, 3.8) is 0 Å². The van der Waals surface area contributed by atoms with Crippen LogP contribution in [-0.2, 0) is 9.59 Å². The number of rotatable bonds is 6. The zero-order chi connectivity index (χ0) is 25.9. The average molecular weight is 492 g/mol. The molecular weight excluding hydrogens is 454 g/mol. The predicted molar refractivity (Wildman–Crippen MR) is 142 cm³/mol. The molecule has 0 aromatic heterocycles. The molecule has 2 amide bonds. The largest absolute Gasteiger partial charge is 0.362 e. The molecule has 1 unspecified atom stereocenters. The number of carbonyl (C=O) groups excluding carboxylic acids is 2. The lowest BCUT2D eigenvalue weighted by atomic mass is 9.85. The molecule has 9 heteroatoms. The molecule has 0 bridgehead atoms. The standard InChI is InChI=1S/C27H37N7O2/c1-27(2)10-7-20(15-30-27)22-13-19(18-8-11-34(12-9-18)24(35)17-33(3)4)5-6-23(22)32-26(36)25-29-16-21(14-28)31-25/h5-7,13,18,21,30H,8-12,15-17H2,1-4H3,(H,29,31)(H,32,36). The quantitative estimate of drug-likeness (QED) is 0.561. The zero-order valence-corrected chi connectivity index (χ0v) is 21.7. The van der Waals surface area contributed by atoms with Crippen molar-refractivity contribution in [1.82, 2.24) is 20.4 Å². The van der Waals surface area contributed by atoms with E-state index >= 15 is 0 Å². The average Bonchev–Trinajstić information content (AvgIpc) is 3.34. The third-order valence-electron chi connectivity index (χ3n) is 7.14. The summed E-state index contributed by atoms with van der Waals surface area (Å²) in [4.78, 5) is 33.4. The van der Waals surface area contributed by atoms with Crippen LogP contribution in [-0.4, -0.2) is 85.8 Å². The molecule has 1 fully saturated rings. The molecule has 3 N–H and O–H groups in total. The van der Waals surface area contributed by atoms with Crippen molar-refractivity contribution in [3.05, 3.63) is 35.4 Å². The maximum atomic E-state index is 12.9. The Kier molecular flexibility index (Phi) is 7.76. The third-order valence-corrected chi connectivity index (χ3v) is 7.14. The molecule has 1 aromatic carbocycles. The van der Waals surface area contributed by atoms with Gasteiger partial charge in [-0.25, -0.2) is 4.99 Å². The Bertz CT molecular complexity index is 1110. The molecule has 3 aliphatic heterocycles. The summed E-state index contributed by atoms with van der Waals surface area (Å²) in [7, 11) is 3.83. The van der Waals surface area contributed by atoms with Gasteiger partial charge in [0.25, 0.3) is 5.91 Å². The SMILES string of the molecule is CN(C)CC(=O)N1CCC(c2ccc(NC(=O)C3=NC(C#N)CN3)c(C3=CCC(C)(C)NC3)c2)CC1. The number of likely N-dealkylation sites (N-methyl/N-ethyl adjacent to an activating group) is 1. The fraction of sp³-hybridized carbons (Fsp3) is 0.556. The third kappa shape index (κ3) is 6.12. The molecule has 1 aromatic rings. The van der Waals surface area contributed by atoms with Gasteiger partial charge in [-0.05, 0) is 76.4 Å². The lowest BCUT2D eigenvalue weighted by Crippen LogP contribution is -2.42. The number of anilines is 1. The first kappa shape index (κ1) is 25.9. The Morgan fingerprint density at radius 1 is 1.28 bits per heavy atom. The van der Waals surface area contributed by atoms with Crippen molar-refractivity contribution in [2.24, 2.45) is 4.99 Å². The molecule has 0 saturated carbocycles. The van der Waals surface area contributed by atoms with Crippen LogP contribution >= 0.6 is 0 Å². The van der Waals surface area contributed by atoms with Crippen LogP contribution in [0.5, 0.6) is 0 Å². The van der Waals surface area contributed by atoms with Crippen molar-refractivity contribution in [3.8, 4) is 6.07 Å². The molecule has 36 heavy (non-hydrogen) atoms. The van der Waals surface area contributed by atoms with Crippen LogP contribution in [0.25, 0.3) is 5.57 Å². The number of aliphatic imine (C=N–C) groups is 1. The van der Waals surface area contributed by atoms with Gasteiger partial charge in [0.2, 0.25) is 5.91 Å². The maximum Gasteiger partial charge on any atom is 0.290 e. The Balaban J connectivity index is 1.54. The number of amides is 2. The van der Waals surface area contributed by atoms with Crippen LogP contribution in [0, 0.1) is 11.3 Å². The van der Waals surface area contributed by atoms with Crippen LogP contribution in [0.1, 0.15) is 50.2 Å². The summed E-state index contributed by atoms with van der Waals surface area (Å²) in [5.41, 5.74) is 4.16. The van der Waals surface area contributed by atoms with Gasteiger partial charge in [-0.15, -0.1) is 0 Å². The summed E-state index contributed by atoms with van der Waals surface area (Å²) < 4.78 is 0. The van der Waals surface area contributed by atoms with Crippen molar-refractivity contribution < 1.29 is 9.59 Å². The predicted octanol–water partition coefficient (Wildman–Crippen LogP) is 1.94. The van der Waals surface area contributed by atoms with E-state index in [1.807, 2.05) is 30.0 Å². The fourth-order valence-electron chi connectivity index (χ4n) is 4.92. The molecule has 3 heterocycles. The minimum atomic E-state index is -0.532. The first-order chi connectivity index (χ1) is 17.1. The molecule has 0 spiro atoms. The van der Waals surface area contributed by atoms with Crippen LogP contribution in [0.15, 0.2) is 29.3 Å². The highest BCUT2D eigenvalue weighted by Crippen LogP contribution is 2.35. The molecule has 3 aliphatic rings. The van der Waals surface area contributed by atoms with Crippen molar-refractivity contribution in [1.29, 1.82) is 5.26 Å². The lowest BCUT2D eigenvalue weighted by Gasteiger charge is -2.34. The smallest absolute Gasteiger partial charge is 0.290 e. The van der Waals surface area contributed by atoms with E-state index in [0.29, 0.717) is 25.6 Å². The van der Waals surface area contributed by atoms with Crippen molar-refractivity contribution >= 4 is 28.9 Å². The highest BCUT2D eigenvalue weighted by atomic mass is 16.2. The van der Waals surface area contributed by atoms with Crippen molar-refractivity contribution in [2.75, 3.05) is 52.1 Å². The highest BCUT2D eigenvalue weighted by Gasteiger charge is 2.28. The zero-order valence-electron chi connectivity index (χ0n) is 21.7. The van der Waals surface area contributed by atoms with E-state index in [-0.39, 0.29) is 23.2 Å². The Hall–Kier alpha value is -3.22. The van der Waals surface area contributed by atoms with E-state index in [4.69, 9.17) is 5.26 Å². The van der Waals surface area contributed by atoms with Gasteiger partial charge in [0, 0.05) is 36.4 Å². The van der Waals surface area contributed by atoms with Crippen LogP contribution in [0.3, 0.4) is 0 Å². The number of carbonyl (C=O) groups is 2. The Morgan fingerprint density at radius 2 is 2.03 bits per heavy atom. The molecule has 9 nitrogen and oxygen atoms in total. The van der Waals surface area contributed by atoms with Gasteiger partial charge < -0.3 is 25.8 Å². The van der Waals surface area contributed by atoms with Crippen LogP contribution < -0.4 is 16.0 Å². The summed E-state index contributed by atoms with van der Waals surface area (Å²) in [6, 6.07) is 7.80. The number of hydrogen-bond donors (Lipinski definition) is 3. The topological polar surface area (TPSA) is 113 Å². The second-order valence-electron chi connectivity index (χ2n) is 10.8. The summed E-state index contributed by atoms with van der Waals surface area (Å²) in [5, 5.41) is 18.6. The highest BCUT2D eigenvalue weighted by molar-refractivity contribution is 6.42. The summed E-state index contributed by atoms with van der Waals surface area (Å²) in [5.74, 6) is 0.408. The Morgan fingerprint density at radius 3 is 2.64 bits per heavy atom. The first-order valence-electron chi connectivity index (χ1n) is 12.7. The van der Waals surface area contributed by atoms with Gasteiger partial charge in [-0.2, -0.15) is 5.26 Å². The minimum Gasteiger partial charge on any atom is -0.362 e. The van der Waals surface area contributed by atoms with Gasteiger partial charge >= 0.3 is 0 Å². The fourth-order valence-corrected chi connectivity index (χ4v) is 4.92. The van der Waals surface area contributed by atoms with E-state index in [1.165, 1.54) is 5.56 Å². The summed E-state index contributed by atoms with van der Waals surface area (Å²) in [6.07, 6.45) is 4.99. The number of nitrogens with zero attached hydrogens (tertiary/aromatic N) is 4. The lowest BCUT2D eigenvalue weighted by molar-refractivity contribution is -0.132. The summed E-state index contributed by atoms with van der Waals surface area (Å²) in [6.45, 7) is 7.39. The number of benzene rings is 1. The van der Waals surface area contributed by atoms with Gasteiger partial charge in [-0.1, -0.05) is 12.1 Å². The van der Waals surface area contributed by atoms with E-state index in [9.17, 15) is 9.59 Å². The molecule has 1 saturated heterocycles. The van der Waals surface area contributed by atoms with E-state index < -0.39 is 6.04 Å². The van der Waals surface area contributed by atoms with Crippen LogP contribution in [0.4, 0.5) is 5.69 Å². The second-order valence-corrected chi connectivity index (χ2v) is 10.8. The van der Waals surface area contributed by atoms with Gasteiger partial charge in [0.1, 0.15) is 0 Å². The summed E-state index contributed by atoms with van der Waals surface area (Å²) >= 11 is 0. The molecule has 0 aliphatic carbocycles. The number of hydrogen-bond acceptors (Lipinski definition) is 7. The Labute approximate surface area is 213 Å². The number of nitriles is 1. The monoisotopic (exact) mass is 491 g/mol. The van der Waals surface area contributed by atoms with Gasteiger partial charge in [-0.3, -0.25) is 9.59 Å². The van der Waals surface area contributed by atoms with Gasteiger partial charge in [0.05, 0.1) is 19.2 Å². The molecular formula is C27H37N7O2. The molecule has 1 atom stereocenters.